The molecule has 0 amide bonds. The van der Waals surface area contributed by atoms with Crippen LogP contribution in [0.1, 0.15) is 38.5 Å². The molecule has 0 aromatic carbocycles. The summed E-state index contributed by atoms with van der Waals surface area (Å²) < 4.78 is 0. The van der Waals surface area contributed by atoms with Gasteiger partial charge in [0.2, 0.25) is 0 Å². The van der Waals surface area contributed by atoms with Gasteiger partial charge in [0.1, 0.15) is 0 Å². The second-order valence-electron chi connectivity index (χ2n) is 7.16. The molecule has 0 radical (unpaired) electrons. The minimum Gasteiger partial charge on any atom is -0.356 e. The highest BCUT2D eigenvalue weighted by atomic mass is 127. The summed E-state index contributed by atoms with van der Waals surface area (Å²) in [4.78, 5) is 9.60. The minimum absolute atomic E-state index is 0. The number of aliphatic imine (C=N–C) groups is 1. The van der Waals surface area contributed by atoms with Crippen LogP contribution >= 0.6 is 24.0 Å². The van der Waals surface area contributed by atoms with Crippen molar-refractivity contribution in [3.63, 3.8) is 0 Å². The molecule has 2 N–H and O–H groups in total. The maximum Gasteiger partial charge on any atom is 0.191 e. The van der Waals surface area contributed by atoms with Crippen LogP contribution in [0.2, 0.25) is 0 Å². The predicted molar refractivity (Wildman–Crippen MR) is 108 cm³/mol. The van der Waals surface area contributed by atoms with Gasteiger partial charge >= 0.3 is 0 Å². The molecule has 0 aromatic heterocycles. The van der Waals surface area contributed by atoms with E-state index in [4.69, 9.17) is 0 Å². The molecular formula is C17H34IN5. The van der Waals surface area contributed by atoms with Gasteiger partial charge in [-0.25, -0.2) is 0 Å². The topological polar surface area (TPSA) is 42.9 Å². The van der Waals surface area contributed by atoms with Gasteiger partial charge in [-0.1, -0.05) is 6.42 Å². The van der Waals surface area contributed by atoms with Gasteiger partial charge in [0, 0.05) is 39.3 Å². The summed E-state index contributed by atoms with van der Waals surface area (Å²) >= 11 is 0. The van der Waals surface area contributed by atoms with Crippen LogP contribution in [-0.2, 0) is 0 Å². The molecule has 1 aliphatic carbocycles. The van der Waals surface area contributed by atoms with Gasteiger partial charge in [-0.2, -0.15) is 0 Å². The van der Waals surface area contributed by atoms with Crippen LogP contribution in [0.5, 0.6) is 0 Å². The normalized spacial score (nSPS) is 26.8. The van der Waals surface area contributed by atoms with Crippen LogP contribution in [0.4, 0.5) is 0 Å². The first-order valence-electron chi connectivity index (χ1n) is 9.26. The summed E-state index contributed by atoms with van der Waals surface area (Å²) in [5, 5.41) is 6.99. The lowest BCUT2D eigenvalue weighted by atomic mass is 10.1. The van der Waals surface area contributed by atoms with Gasteiger partial charge in [0.25, 0.3) is 0 Å². The van der Waals surface area contributed by atoms with Gasteiger partial charge in [-0.3, -0.25) is 4.99 Å². The van der Waals surface area contributed by atoms with E-state index in [1.54, 1.807) is 0 Å². The molecule has 2 heterocycles. The molecule has 3 fully saturated rings. The average Bonchev–Trinajstić information content (AvgIpc) is 3.30. The summed E-state index contributed by atoms with van der Waals surface area (Å²) in [5.41, 5.74) is 0. The third-order valence-electron chi connectivity index (χ3n) is 5.33. The summed E-state index contributed by atoms with van der Waals surface area (Å²) in [6.45, 7) is 8.32. The van der Waals surface area contributed by atoms with Crippen LogP contribution in [0, 0.1) is 5.92 Å². The van der Waals surface area contributed by atoms with Crippen molar-refractivity contribution in [2.24, 2.45) is 10.9 Å². The molecule has 3 rings (SSSR count). The van der Waals surface area contributed by atoms with Crippen molar-refractivity contribution in [2.45, 2.75) is 44.6 Å². The summed E-state index contributed by atoms with van der Waals surface area (Å²) in [7, 11) is 1.88. The fourth-order valence-electron chi connectivity index (χ4n) is 3.78. The third-order valence-corrected chi connectivity index (χ3v) is 5.33. The highest BCUT2D eigenvalue weighted by Gasteiger charge is 2.34. The van der Waals surface area contributed by atoms with E-state index >= 15 is 0 Å². The van der Waals surface area contributed by atoms with Crippen LogP contribution in [0.25, 0.3) is 0 Å². The van der Waals surface area contributed by atoms with Gasteiger partial charge in [-0.05, 0) is 57.7 Å². The van der Waals surface area contributed by atoms with Crippen molar-refractivity contribution >= 4 is 29.9 Å². The Morgan fingerprint density at radius 3 is 2.52 bits per heavy atom. The van der Waals surface area contributed by atoms with E-state index in [-0.39, 0.29) is 24.0 Å². The van der Waals surface area contributed by atoms with Gasteiger partial charge in [0.05, 0.1) is 0 Å². The Bertz CT molecular complexity index is 366. The maximum absolute atomic E-state index is 4.36. The quantitative estimate of drug-likeness (QED) is 0.379. The zero-order valence-corrected chi connectivity index (χ0v) is 16.9. The zero-order chi connectivity index (χ0) is 15.2. The Hall–Kier alpha value is -0.0800. The van der Waals surface area contributed by atoms with E-state index < -0.39 is 0 Å². The van der Waals surface area contributed by atoms with Crippen molar-refractivity contribution in [3.05, 3.63) is 0 Å². The summed E-state index contributed by atoms with van der Waals surface area (Å²) in [6.07, 6.45) is 8.35. The Morgan fingerprint density at radius 2 is 1.83 bits per heavy atom. The predicted octanol–water partition coefficient (Wildman–Crippen LogP) is 1.74. The molecule has 1 unspecified atom stereocenters. The Balaban J connectivity index is 0.00000192. The van der Waals surface area contributed by atoms with Crippen LogP contribution in [0.3, 0.4) is 0 Å². The molecule has 2 aliphatic heterocycles. The third kappa shape index (κ3) is 6.38. The lowest BCUT2D eigenvalue weighted by Gasteiger charge is -2.26. The number of piperidine rings is 1. The van der Waals surface area contributed by atoms with Gasteiger partial charge in [0.15, 0.2) is 5.96 Å². The lowest BCUT2D eigenvalue weighted by molar-refractivity contribution is 0.232. The lowest BCUT2D eigenvalue weighted by Crippen LogP contribution is -2.44. The monoisotopic (exact) mass is 435 g/mol. The minimum atomic E-state index is 0. The largest absolute Gasteiger partial charge is 0.356 e. The van der Waals surface area contributed by atoms with Crippen LogP contribution in [0.15, 0.2) is 4.99 Å². The fraction of sp³-hybridized carbons (Fsp3) is 0.941. The molecule has 23 heavy (non-hydrogen) atoms. The van der Waals surface area contributed by atoms with E-state index in [9.17, 15) is 0 Å². The van der Waals surface area contributed by atoms with Crippen molar-refractivity contribution in [2.75, 3.05) is 52.9 Å². The highest BCUT2D eigenvalue weighted by Crippen LogP contribution is 2.31. The molecule has 5 nitrogen and oxygen atoms in total. The van der Waals surface area contributed by atoms with E-state index in [1.165, 1.54) is 64.7 Å². The first kappa shape index (κ1) is 19.2. The molecule has 3 aliphatic rings. The number of halogens is 1. The molecule has 2 saturated heterocycles. The number of nitrogens with zero attached hydrogens (tertiary/aromatic N) is 3. The molecule has 6 heteroatoms. The summed E-state index contributed by atoms with van der Waals surface area (Å²) in [6, 6.07) is 0.923. The Labute approximate surface area is 158 Å². The van der Waals surface area contributed by atoms with E-state index in [0.29, 0.717) is 0 Å². The molecule has 134 valence electrons. The van der Waals surface area contributed by atoms with Gasteiger partial charge in [-0.15, -0.1) is 24.0 Å². The maximum atomic E-state index is 4.36. The molecular weight excluding hydrogens is 401 g/mol. The van der Waals surface area contributed by atoms with Crippen LogP contribution in [-0.4, -0.2) is 74.7 Å². The van der Waals surface area contributed by atoms with Crippen LogP contribution < -0.4 is 10.6 Å². The number of likely N-dealkylation sites (tertiary alicyclic amines) is 2. The average molecular weight is 435 g/mol. The van der Waals surface area contributed by atoms with Gasteiger partial charge < -0.3 is 20.4 Å². The van der Waals surface area contributed by atoms with Crippen molar-refractivity contribution in [1.29, 1.82) is 0 Å². The molecule has 0 bridgehead atoms. The second kappa shape index (κ2) is 10.0. The Morgan fingerprint density at radius 1 is 1.04 bits per heavy atom. The van der Waals surface area contributed by atoms with Crippen molar-refractivity contribution in [3.8, 4) is 0 Å². The second-order valence-corrected chi connectivity index (χ2v) is 7.16. The number of hydrogen-bond donors (Lipinski definition) is 2. The van der Waals surface area contributed by atoms with E-state index in [2.05, 4.69) is 25.4 Å². The SMILES string of the molecule is CN=C(NCCN1CCCCC1)NCC1CCN(C2CC2)C1.I. The van der Waals surface area contributed by atoms with E-state index in [0.717, 1.165) is 37.6 Å². The number of guanidine groups is 1. The molecule has 1 saturated carbocycles. The Kier molecular flexibility index (Phi) is 8.40. The molecule has 0 aromatic rings. The first-order chi connectivity index (χ1) is 10.8. The fourth-order valence-corrected chi connectivity index (χ4v) is 3.78. The smallest absolute Gasteiger partial charge is 0.191 e. The highest BCUT2D eigenvalue weighted by molar-refractivity contribution is 14.0. The van der Waals surface area contributed by atoms with Crippen molar-refractivity contribution in [1.82, 2.24) is 20.4 Å². The van der Waals surface area contributed by atoms with Crippen molar-refractivity contribution < 1.29 is 0 Å². The molecule has 1 atom stereocenters. The van der Waals surface area contributed by atoms with E-state index in [1.807, 2.05) is 7.05 Å². The standard InChI is InChI=1S/C17H33N5.HI/c1-18-17(19-8-12-21-9-3-2-4-10-21)20-13-15-7-11-22(14-15)16-5-6-16;/h15-16H,2-14H2,1H3,(H2,18,19,20);1H. The zero-order valence-electron chi connectivity index (χ0n) is 14.6. The number of hydrogen-bond acceptors (Lipinski definition) is 3. The molecule has 0 spiro atoms. The first-order valence-corrected chi connectivity index (χ1v) is 9.26. The number of rotatable bonds is 6. The summed E-state index contributed by atoms with van der Waals surface area (Å²) in [5.74, 6) is 1.77. The number of nitrogens with one attached hydrogen (secondary N) is 2.